The van der Waals surface area contributed by atoms with Crippen LogP contribution in [0, 0.1) is 3.57 Å². The van der Waals surface area contributed by atoms with Crippen molar-refractivity contribution in [1.29, 1.82) is 0 Å². The van der Waals surface area contributed by atoms with Crippen molar-refractivity contribution in [3.63, 3.8) is 0 Å². The SMILES string of the molecule is O=P(/C=C/c1ccc(I)cc1)(c1ccccc1)c1ccccc1. The van der Waals surface area contributed by atoms with Crippen molar-refractivity contribution in [2.45, 2.75) is 0 Å². The van der Waals surface area contributed by atoms with E-state index >= 15 is 0 Å². The molecule has 1 nitrogen and oxygen atoms in total. The molecule has 0 aliphatic heterocycles. The molecule has 0 aliphatic rings. The average Bonchev–Trinajstić information content (AvgIpc) is 2.62. The van der Waals surface area contributed by atoms with Crippen LogP contribution in [0.25, 0.3) is 6.08 Å². The minimum atomic E-state index is -2.78. The van der Waals surface area contributed by atoms with Crippen LogP contribution in [0.2, 0.25) is 0 Å². The van der Waals surface area contributed by atoms with Crippen LogP contribution in [0.4, 0.5) is 0 Å². The molecule has 0 atom stereocenters. The third-order valence-electron chi connectivity index (χ3n) is 3.63. The number of hydrogen-bond donors (Lipinski definition) is 0. The van der Waals surface area contributed by atoms with Crippen LogP contribution in [-0.2, 0) is 4.57 Å². The first kappa shape index (κ1) is 16.2. The predicted octanol–water partition coefficient (Wildman–Crippen LogP) is 5.28. The van der Waals surface area contributed by atoms with E-state index in [9.17, 15) is 4.57 Å². The molecular formula is C20H16IOP. The van der Waals surface area contributed by atoms with E-state index in [2.05, 4.69) is 34.7 Å². The van der Waals surface area contributed by atoms with E-state index in [1.807, 2.05) is 84.7 Å². The zero-order valence-electron chi connectivity index (χ0n) is 12.5. The lowest BCUT2D eigenvalue weighted by atomic mass is 10.2. The lowest BCUT2D eigenvalue weighted by molar-refractivity contribution is 0.592. The Morgan fingerprint density at radius 2 is 1.17 bits per heavy atom. The molecule has 0 amide bonds. The van der Waals surface area contributed by atoms with E-state index in [4.69, 9.17) is 0 Å². The second-order valence-corrected chi connectivity index (χ2v) is 9.09. The van der Waals surface area contributed by atoms with E-state index in [0.29, 0.717) is 0 Å². The van der Waals surface area contributed by atoms with Gasteiger partial charge in [-0.1, -0.05) is 78.9 Å². The maximum atomic E-state index is 13.8. The monoisotopic (exact) mass is 430 g/mol. The fourth-order valence-corrected chi connectivity index (χ4v) is 5.00. The Kier molecular flexibility index (Phi) is 5.14. The molecule has 0 aromatic heterocycles. The van der Waals surface area contributed by atoms with Crippen LogP contribution in [0.5, 0.6) is 0 Å². The van der Waals surface area contributed by atoms with Crippen molar-refractivity contribution in [1.82, 2.24) is 0 Å². The van der Waals surface area contributed by atoms with Gasteiger partial charge in [0.25, 0.3) is 0 Å². The van der Waals surface area contributed by atoms with Crippen LogP contribution >= 0.6 is 29.7 Å². The topological polar surface area (TPSA) is 17.1 Å². The summed E-state index contributed by atoms with van der Waals surface area (Å²) in [6.07, 6.45) is 1.96. The van der Waals surface area contributed by atoms with Crippen LogP contribution < -0.4 is 10.6 Å². The lowest BCUT2D eigenvalue weighted by Crippen LogP contribution is -2.13. The second kappa shape index (κ2) is 7.29. The number of rotatable bonds is 4. The molecule has 0 unspecified atom stereocenters. The maximum Gasteiger partial charge on any atom is 0.164 e. The summed E-state index contributed by atoms with van der Waals surface area (Å²) in [6, 6.07) is 27.6. The molecular weight excluding hydrogens is 414 g/mol. The van der Waals surface area contributed by atoms with E-state index in [0.717, 1.165) is 16.2 Å². The van der Waals surface area contributed by atoms with Gasteiger partial charge in [0, 0.05) is 14.2 Å². The van der Waals surface area contributed by atoms with Gasteiger partial charge in [0.2, 0.25) is 0 Å². The van der Waals surface area contributed by atoms with Crippen LogP contribution in [-0.4, -0.2) is 0 Å². The normalized spacial score (nSPS) is 11.7. The standard InChI is InChI=1S/C20H16IOP/c21-18-13-11-17(12-14-18)15-16-23(22,19-7-3-1-4-8-19)20-9-5-2-6-10-20/h1-16H/b16-15+. The molecule has 3 aromatic carbocycles. The summed E-state index contributed by atoms with van der Waals surface area (Å²) in [5.74, 6) is 1.86. The van der Waals surface area contributed by atoms with Gasteiger partial charge < -0.3 is 4.57 Å². The third-order valence-corrected chi connectivity index (χ3v) is 7.05. The zero-order chi connectivity index (χ0) is 16.1. The molecule has 23 heavy (non-hydrogen) atoms. The highest BCUT2D eigenvalue weighted by Gasteiger charge is 2.23. The quantitative estimate of drug-likeness (QED) is 0.407. The van der Waals surface area contributed by atoms with E-state index < -0.39 is 7.14 Å². The van der Waals surface area contributed by atoms with Gasteiger partial charge in [-0.3, -0.25) is 0 Å². The predicted molar refractivity (Wildman–Crippen MR) is 108 cm³/mol. The van der Waals surface area contributed by atoms with Gasteiger partial charge in [-0.2, -0.15) is 0 Å². The summed E-state index contributed by atoms with van der Waals surface area (Å²) in [7, 11) is -2.78. The summed E-state index contributed by atoms with van der Waals surface area (Å²) in [4.78, 5) is 0. The minimum Gasteiger partial charge on any atom is -0.309 e. The fraction of sp³-hybridized carbons (Fsp3) is 0. The highest BCUT2D eigenvalue weighted by atomic mass is 127. The van der Waals surface area contributed by atoms with Crippen LogP contribution in [0.3, 0.4) is 0 Å². The summed E-state index contributed by atoms with van der Waals surface area (Å²) in [5, 5.41) is 1.71. The van der Waals surface area contributed by atoms with Crippen molar-refractivity contribution in [3.05, 3.63) is 99.9 Å². The molecule has 0 saturated carbocycles. The smallest absolute Gasteiger partial charge is 0.164 e. The molecule has 0 bridgehead atoms. The average molecular weight is 430 g/mol. The minimum absolute atomic E-state index is 0.855. The van der Waals surface area contributed by atoms with Gasteiger partial charge in [-0.15, -0.1) is 0 Å². The molecule has 114 valence electrons. The number of halogens is 1. The van der Waals surface area contributed by atoms with E-state index in [1.54, 1.807) is 0 Å². The zero-order valence-corrected chi connectivity index (χ0v) is 15.5. The highest BCUT2D eigenvalue weighted by Crippen LogP contribution is 2.45. The second-order valence-electron chi connectivity index (χ2n) is 5.20. The fourth-order valence-electron chi connectivity index (χ4n) is 2.39. The Hall–Kier alpha value is -1.64. The van der Waals surface area contributed by atoms with Crippen molar-refractivity contribution in [2.24, 2.45) is 0 Å². The molecule has 0 saturated heterocycles. The van der Waals surface area contributed by atoms with Crippen molar-refractivity contribution >= 4 is 46.4 Å². The summed E-state index contributed by atoms with van der Waals surface area (Å²) < 4.78 is 15.0. The van der Waals surface area contributed by atoms with Gasteiger partial charge in [0.15, 0.2) is 7.14 Å². The van der Waals surface area contributed by atoms with Gasteiger partial charge in [0.1, 0.15) is 0 Å². The Morgan fingerprint density at radius 1 is 0.696 bits per heavy atom. The molecule has 0 N–H and O–H groups in total. The van der Waals surface area contributed by atoms with Gasteiger partial charge in [-0.05, 0) is 46.1 Å². The van der Waals surface area contributed by atoms with Crippen molar-refractivity contribution < 1.29 is 4.57 Å². The van der Waals surface area contributed by atoms with Crippen molar-refractivity contribution in [2.75, 3.05) is 0 Å². The van der Waals surface area contributed by atoms with Gasteiger partial charge >= 0.3 is 0 Å². The van der Waals surface area contributed by atoms with E-state index in [1.165, 1.54) is 3.57 Å². The van der Waals surface area contributed by atoms with Gasteiger partial charge in [0.05, 0.1) is 0 Å². The Labute approximate surface area is 150 Å². The third kappa shape index (κ3) is 3.82. The number of hydrogen-bond acceptors (Lipinski definition) is 1. The molecule has 0 radical (unpaired) electrons. The summed E-state index contributed by atoms with van der Waals surface area (Å²) in [5.41, 5.74) is 1.05. The molecule has 3 heteroatoms. The maximum absolute atomic E-state index is 13.8. The van der Waals surface area contributed by atoms with Crippen molar-refractivity contribution in [3.8, 4) is 0 Å². The van der Waals surface area contributed by atoms with Crippen LogP contribution in [0.1, 0.15) is 5.56 Å². The number of benzene rings is 3. The molecule has 3 aromatic rings. The molecule has 0 heterocycles. The molecule has 0 fully saturated rings. The highest BCUT2D eigenvalue weighted by molar-refractivity contribution is 14.1. The van der Waals surface area contributed by atoms with Crippen LogP contribution in [0.15, 0.2) is 90.7 Å². The Balaban J connectivity index is 2.06. The summed E-state index contributed by atoms with van der Waals surface area (Å²) >= 11 is 2.28. The largest absolute Gasteiger partial charge is 0.309 e. The molecule has 0 spiro atoms. The summed E-state index contributed by atoms with van der Waals surface area (Å²) in [6.45, 7) is 0. The Bertz CT molecular complexity index is 796. The van der Waals surface area contributed by atoms with E-state index in [-0.39, 0.29) is 0 Å². The lowest BCUT2D eigenvalue weighted by Gasteiger charge is -2.15. The first-order chi connectivity index (χ1) is 11.2. The molecule has 3 rings (SSSR count). The van der Waals surface area contributed by atoms with Gasteiger partial charge in [-0.25, -0.2) is 0 Å². The first-order valence-electron chi connectivity index (χ1n) is 7.34. The first-order valence-corrected chi connectivity index (χ1v) is 10.2. The molecule has 0 aliphatic carbocycles. The Morgan fingerprint density at radius 3 is 1.65 bits per heavy atom.